The van der Waals surface area contributed by atoms with Gasteiger partial charge in [-0.25, -0.2) is 4.98 Å². The Hall–Kier alpha value is -3.52. The third kappa shape index (κ3) is 5.76. The van der Waals surface area contributed by atoms with E-state index in [4.69, 9.17) is 28.2 Å². The van der Waals surface area contributed by atoms with Crippen molar-refractivity contribution in [3.63, 3.8) is 0 Å². The monoisotopic (exact) mass is 559 g/mol. The maximum atomic E-state index is 6.59. The molecule has 7 nitrogen and oxygen atoms in total. The quantitative estimate of drug-likeness (QED) is 0.299. The van der Waals surface area contributed by atoms with Crippen molar-refractivity contribution in [3.05, 3.63) is 100 Å². The van der Waals surface area contributed by atoms with Gasteiger partial charge in [0.2, 0.25) is 5.95 Å². The Balaban J connectivity index is 1.25. The molecule has 1 saturated heterocycles. The molecule has 1 fully saturated rings. The predicted octanol–water partition coefficient (Wildman–Crippen LogP) is 6.26. The van der Waals surface area contributed by atoms with Gasteiger partial charge in [0.05, 0.1) is 22.4 Å². The highest BCUT2D eigenvalue weighted by Crippen LogP contribution is 2.38. The minimum Gasteiger partial charge on any atom is -0.369 e. The fourth-order valence-corrected chi connectivity index (χ4v) is 5.83. The molecule has 0 atom stereocenters. The second kappa shape index (κ2) is 11.3. The van der Waals surface area contributed by atoms with Gasteiger partial charge in [0.1, 0.15) is 5.82 Å². The van der Waals surface area contributed by atoms with Gasteiger partial charge in [-0.1, -0.05) is 59.6 Å². The fraction of sp³-hybridized carbons (Fsp3) is 0.267. The van der Waals surface area contributed by atoms with Gasteiger partial charge < -0.3 is 24.9 Å². The third-order valence-electron chi connectivity index (χ3n) is 7.31. The molecule has 3 heterocycles. The largest absolute Gasteiger partial charge is 0.369 e. The molecule has 39 heavy (non-hydrogen) atoms. The minimum absolute atomic E-state index is 0.573. The lowest BCUT2D eigenvalue weighted by molar-refractivity contribution is 0.313. The van der Waals surface area contributed by atoms with E-state index in [9.17, 15) is 0 Å². The number of hydrogen-bond acceptors (Lipinski definition) is 7. The maximum Gasteiger partial charge on any atom is 0.229 e. The van der Waals surface area contributed by atoms with Crippen LogP contribution in [0.15, 0.2) is 79.0 Å². The standard InChI is InChI=1S/C30H31Cl2N7/c1-36-14-16-37(17-15-36)25-12-10-24(11-13-25)34-30-33-18-23-20-38(28-26(31)8-5-9-27(28)32)21-39(29(23)35-30)19-22-6-3-2-4-7-22/h2-13,18H,14-17,19-21H2,1H3,(H,33,34,35). The summed E-state index contributed by atoms with van der Waals surface area (Å²) < 4.78 is 0. The van der Waals surface area contributed by atoms with Crippen LogP contribution in [0, 0.1) is 0 Å². The van der Waals surface area contributed by atoms with E-state index < -0.39 is 0 Å². The molecular weight excluding hydrogens is 529 g/mol. The van der Waals surface area contributed by atoms with Gasteiger partial charge in [-0.3, -0.25) is 0 Å². The zero-order valence-corrected chi connectivity index (χ0v) is 23.4. The minimum atomic E-state index is 0.573. The number of anilines is 5. The average molecular weight is 561 g/mol. The molecule has 0 aliphatic carbocycles. The number of likely N-dealkylation sites (N-methyl/N-ethyl adjacent to an activating group) is 1. The number of fused-ring (bicyclic) bond motifs is 1. The number of hydrogen-bond donors (Lipinski definition) is 1. The first kappa shape index (κ1) is 25.7. The highest BCUT2D eigenvalue weighted by molar-refractivity contribution is 6.39. The van der Waals surface area contributed by atoms with Crippen molar-refractivity contribution in [2.75, 3.05) is 59.9 Å². The number of halogens is 2. The van der Waals surface area contributed by atoms with Crippen molar-refractivity contribution in [2.45, 2.75) is 13.1 Å². The van der Waals surface area contributed by atoms with Crippen molar-refractivity contribution in [1.29, 1.82) is 0 Å². The van der Waals surface area contributed by atoms with E-state index in [1.54, 1.807) is 0 Å². The summed E-state index contributed by atoms with van der Waals surface area (Å²) in [5.74, 6) is 1.48. The molecule has 0 bridgehead atoms. The van der Waals surface area contributed by atoms with E-state index in [2.05, 4.69) is 85.5 Å². The molecule has 1 N–H and O–H groups in total. The number of benzene rings is 3. The van der Waals surface area contributed by atoms with Crippen LogP contribution in [-0.4, -0.2) is 54.8 Å². The lowest BCUT2D eigenvalue weighted by Gasteiger charge is -2.39. The number of nitrogens with zero attached hydrogens (tertiary/aromatic N) is 6. The Morgan fingerprint density at radius 3 is 2.26 bits per heavy atom. The zero-order chi connectivity index (χ0) is 26.8. The van der Waals surface area contributed by atoms with Crippen molar-refractivity contribution >= 4 is 52.0 Å². The molecule has 3 aromatic carbocycles. The lowest BCUT2D eigenvalue weighted by atomic mass is 10.1. The molecule has 200 valence electrons. The van der Waals surface area contributed by atoms with Crippen LogP contribution >= 0.6 is 23.2 Å². The first-order valence-corrected chi connectivity index (χ1v) is 13.9. The molecule has 6 rings (SSSR count). The van der Waals surface area contributed by atoms with Crippen LogP contribution in [0.1, 0.15) is 11.1 Å². The summed E-state index contributed by atoms with van der Waals surface area (Å²) >= 11 is 13.2. The Labute approximate surface area is 239 Å². The Morgan fingerprint density at radius 1 is 0.821 bits per heavy atom. The lowest BCUT2D eigenvalue weighted by Crippen LogP contribution is -2.44. The number of piperazine rings is 1. The second-order valence-electron chi connectivity index (χ2n) is 10.1. The molecule has 9 heteroatoms. The van der Waals surface area contributed by atoms with E-state index in [0.29, 0.717) is 35.8 Å². The maximum absolute atomic E-state index is 6.59. The Morgan fingerprint density at radius 2 is 1.54 bits per heavy atom. The molecule has 2 aliphatic rings. The SMILES string of the molecule is CN1CCN(c2ccc(Nc3ncc4c(n3)N(Cc3ccccc3)CN(c3c(Cl)cccc3Cl)C4)cc2)CC1. The number of aromatic nitrogens is 2. The van der Waals surface area contributed by atoms with Crippen LogP contribution in [0.4, 0.5) is 28.8 Å². The van der Waals surface area contributed by atoms with Gasteiger partial charge in [-0.2, -0.15) is 4.98 Å². The smallest absolute Gasteiger partial charge is 0.229 e. The van der Waals surface area contributed by atoms with Crippen molar-refractivity contribution in [2.24, 2.45) is 0 Å². The van der Waals surface area contributed by atoms with Gasteiger partial charge in [0, 0.05) is 62.4 Å². The van der Waals surface area contributed by atoms with E-state index in [0.717, 1.165) is 48.9 Å². The van der Waals surface area contributed by atoms with Crippen LogP contribution in [-0.2, 0) is 13.1 Å². The number of nitrogens with one attached hydrogen (secondary N) is 1. The summed E-state index contributed by atoms with van der Waals surface area (Å²) in [7, 11) is 2.17. The van der Waals surface area contributed by atoms with E-state index in [-0.39, 0.29) is 0 Å². The second-order valence-corrected chi connectivity index (χ2v) is 10.9. The summed E-state index contributed by atoms with van der Waals surface area (Å²) in [5.41, 5.74) is 5.24. The van der Waals surface area contributed by atoms with Gasteiger partial charge >= 0.3 is 0 Å². The van der Waals surface area contributed by atoms with Crippen LogP contribution in [0.3, 0.4) is 0 Å². The van der Waals surface area contributed by atoms with E-state index in [1.807, 2.05) is 30.5 Å². The highest BCUT2D eigenvalue weighted by Gasteiger charge is 2.27. The summed E-state index contributed by atoms with van der Waals surface area (Å²) in [6.07, 6.45) is 1.90. The third-order valence-corrected chi connectivity index (χ3v) is 7.92. The van der Waals surface area contributed by atoms with Crippen molar-refractivity contribution < 1.29 is 0 Å². The zero-order valence-electron chi connectivity index (χ0n) is 21.9. The molecule has 0 amide bonds. The summed E-state index contributed by atoms with van der Waals surface area (Å²) in [4.78, 5) is 18.9. The van der Waals surface area contributed by atoms with Gasteiger partial charge in [-0.15, -0.1) is 0 Å². The molecular formula is C30H31Cl2N7. The first-order valence-electron chi connectivity index (χ1n) is 13.2. The van der Waals surface area contributed by atoms with Gasteiger partial charge in [0.15, 0.2) is 0 Å². The van der Waals surface area contributed by atoms with Gasteiger partial charge in [0.25, 0.3) is 0 Å². The molecule has 4 aromatic rings. The molecule has 0 radical (unpaired) electrons. The normalized spacial score (nSPS) is 15.8. The van der Waals surface area contributed by atoms with Crippen molar-refractivity contribution in [3.8, 4) is 0 Å². The Bertz CT molecular complexity index is 1400. The topological polar surface area (TPSA) is 50.8 Å². The van der Waals surface area contributed by atoms with Crippen LogP contribution in [0.25, 0.3) is 0 Å². The summed E-state index contributed by atoms with van der Waals surface area (Å²) in [5, 5.41) is 4.66. The predicted molar refractivity (Wildman–Crippen MR) is 162 cm³/mol. The van der Waals surface area contributed by atoms with Crippen molar-refractivity contribution in [1.82, 2.24) is 14.9 Å². The van der Waals surface area contributed by atoms with Crippen LogP contribution in [0.2, 0.25) is 10.0 Å². The molecule has 1 aromatic heterocycles. The number of rotatable bonds is 6. The number of para-hydroxylation sites is 1. The van der Waals surface area contributed by atoms with Crippen LogP contribution in [0.5, 0.6) is 0 Å². The van der Waals surface area contributed by atoms with E-state index >= 15 is 0 Å². The summed E-state index contributed by atoms with van der Waals surface area (Å²) in [6, 6.07) is 24.5. The van der Waals surface area contributed by atoms with E-state index in [1.165, 1.54) is 11.3 Å². The highest BCUT2D eigenvalue weighted by atomic mass is 35.5. The van der Waals surface area contributed by atoms with Gasteiger partial charge in [-0.05, 0) is 49.0 Å². The Kier molecular flexibility index (Phi) is 7.46. The molecule has 0 saturated carbocycles. The molecule has 0 unspecified atom stereocenters. The average Bonchev–Trinajstić information content (AvgIpc) is 2.95. The van der Waals surface area contributed by atoms with Crippen LogP contribution < -0.4 is 20.0 Å². The fourth-order valence-electron chi connectivity index (χ4n) is 5.19. The summed E-state index contributed by atoms with van der Waals surface area (Å²) in [6.45, 7) is 6.18. The molecule has 2 aliphatic heterocycles. The molecule has 0 spiro atoms. The first-order chi connectivity index (χ1) is 19.0.